The molecular weight excluding hydrogens is 438 g/mol. The van der Waals surface area contributed by atoms with Crippen LogP contribution in [0, 0.1) is 0 Å². The zero-order valence-corrected chi connectivity index (χ0v) is 14.1. The average molecular weight is 450 g/mol. The van der Waals surface area contributed by atoms with Crippen molar-refractivity contribution in [2.24, 2.45) is 0 Å². The van der Waals surface area contributed by atoms with Crippen molar-refractivity contribution in [2.75, 3.05) is 7.05 Å². The van der Waals surface area contributed by atoms with Gasteiger partial charge in [-0.3, -0.25) is 4.79 Å². The van der Waals surface area contributed by atoms with Crippen molar-refractivity contribution in [2.45, 2.75) is 0 Å². The van der Waals surface area contributed by atoms with E-state index in [1.165, 1.54) is 0 Å². The van der Waals surface area contributed by atoms with E-state index in [9.17, 15) is 4.79 Å². The number of imidazole rings is 1. The number of rotatable bonds is 2. The van der Waals surface area contributed by atoms with Crippen LogP contribution in [0.15, 0.2) is 42.9 Å². The van der Waals surface area contributed by atoms with Crippen molar-refractivity contribution in [3.63, 3.8) is 0 Å². The van der Waals surface area contributed by atoms with Crippen LogP contribution in [0.4, 0.5) is 5.82 Å². The van der Waals surface area contributed by atoms with Crippen LogP contribution in [0.5, 0.6) is 0 Å². The molecule has 0 aliphatic rings. The molecule has 0 aliphatic carbocycles. The largest absolute Gasteiger partial charge is 0.479 e. The minimum atomic E-state index is -0.151. The van der Waals surface area contributed by atoms with Crippen molar-refractivity contribution in [3.8, 4) is 11.3 Å². The van der Waals surface area contributed by atoms with Gasteiger partial charge in [-0.1, -0.05) is 12.1 Å². The molecule has 2 aromatic heterocycles. The molecule has 0 radical (unpaired) electrons. The van der Waals surface area contributed by atoms with Crippen molar-refractivity contribution < 1.29 is 25.9 Å². The third-order valence-electron chi connectivity index (χ3n) is 3.02. The second-order valence-corrected chi connectivity index (χ2v) is 4.29. The summed E-state index contributed by atoms with van der Waals surface area (Å²) in [4.78, 5) is 19.9. The molecule has 3 rings (SSSR count). The zero-order chi connectivity index (χ0) is 14.1. The van der Waals surface area contributed by atoms with Crippen molar-refractivity contribution in [3.05, 3.63) is 54.2 Å². The number of carbonyl (C=O) groups is 1. The number of nitrogens with one attached hydrogen (secondary N) is 2. The van der Waals surface area contributed by atoms with Gasteiger partial charge in [-0.2, -0.15) is 0 Å². The van der Waals surface area contributed by atoms with Gasteiger partial charge in [0.2, 0.25) is 0 Å². The van der Waals surface area contributed by atoms with Gasteiger partial charge in [-0.25, -0.2) is 4.98 Å². The summed E-state index contributed by atoms with van der Waals surface area (Å²) in [7, 11) is 1.59. The van der Waals surface area contributed by atoms with Crippen LogP contribution < -0.4 is 5.32 Å². The van der Waals surface area contributed by atoms with Crippen molar-refractivity contribution in [1.29, 1.82) is 0 Å². The van der Waals surface area contributed by atoms with Crippen LogP contribution >= 0.6 is 0 Å². The van der Waals surface area contributed by atoms with Gasteiger partial charge in [-0.05, 0) is 29.2 Å². The normalized spacial score (nSPS) is 10.1. The number of hydrogen-bond acceptors (Lipinski definition) is 3. The van der Waals surface area contributed by atoms with E-state index in [0.29, 0.717) is 16.9 Å². The van der Waals surface area contributed by atoms with Gasteiger partial charge in [0.05, 0.1) is 0 Å². The number of amides is 1. The van der Waals surface area contributed by atoms with Gasteiger partial charge in [-0.15, -0.1) is 0 Å². The number of aromatic nitrogens is 3. The molecule has 2 N–H and O–H groups in total. The first kappa shape index (κ1) is 15.2. The SMILES string of the molecule is CNC(=O)c1cccc(-c2cn3ccnc3c([NH-])n2)c1.[W]. The van der Waals surface area contributed by atoms with E-state index in [1.807, 2.05) is 6.07 Å². The van der Waals surface area contributed by atoms with Gasteiger partial charge in [0.1, 0.15) is 5.65 Å². The van der Waals surface area contributed by atoms with E-state index < -0.39 is 0 Å². The Morgan fingerprint density at radius 3 is 2.95 bits per heavy atom. The number of carbonyl (C=O) groups excluding carboxylic acids is 1. The first-order valence-electron chi connectivity index (χ1n) is 6.07. The molecule has 0 atom stereocenters. The first-order chi connectivity index (χ1) is 9.69. The summed E-state index contributed by atoms with van der Waals surface area (Å²) < 4.78 is 1.75. The summed E-state index contributed by atoms with van der Waals surface area (Å²) >= 11 is 0. The van der Waals surface area contributed by atoms with Crippen molar-refractivity contribution in [1.82, 2.24) is 19.7 Å². The number of fused-ring (bicyclic) bond motifs is 1. The summed E-state index contributed by atoms with van der Waals surface area (Å²) in [5.41, 5.74) is 10.4. The molecule has 1 amide bonds. The van der Waals surface area contributed by atoms with Crippen LogP contribution in [0.3, 0.4) is 0 Å². The van der Waals surface area contributed by atoms with Gasteiger partial charge in [0.25, 0.3) is 5.91 Å². The van der Waals surface area contributed by atoms with E-state index >= 15 is 0 Å². The number of benzene rings is 1. The van der Waals surface area contributed by atoms with E-state index in [4.69, 9.17) is 5.73 Å². The Hall–Kier alpha value is -2.20. The Labute approximate surface area is 135 Å². The predicted octanol–water partition coefficient (Wildman–Crippen LogP) is 2.44. The van der Waals surface area contributed by atoms with Crippen LogP contribution in [0.2, 0.25) is 0 Å². The van der Waals surface area contributed by atoms with E-state index in [1.54, 1.807) is 48.2 Å². The average Bonchev–Trinajstić information content (AvgIpc) is 2.95. The fourth-order valence-corrected chi connectivity index (χ4v) is 2.03. The minimum Gasteiger partial charge on any atom is -0.479 e. The Kier molecular flexibility index (Phi) is 4.38. The van der Waals surface area contributed by atoms with E-state index in [0.717, 1.165) is 5.56 Å². The minimum absolute atomic E-state index is 0. The third kappa shape index (κ3) is 2.80. The summed E-state index contributed by atoms with van der Waals surface area (Å²) in [5.74, 6) is -0.0421. The first-order valence-corrected chi connectivity index (χ1v) is 6.07. The molecule has 1 aromatic carbocycles. The maximum absolute atomic E-state index is 11.7. The maximum atomic E-state index is 11.7. The van der Waals surface area contributed by atoms with Gasteiger partial charge >= 0.3 is 0 Å². The van der Waals surface area contributed by atoms with E-state index in [-0.39, 0.29) is 32.8 Å². The van der Waals surface area contributed by atoms with Crippen LogP contribution in [0.25, 0.3) is 22.6 Å². The number of hydrogen-bond donors (Lipinski definition) is 1. The molecule has 106 valence electrons. The molecule has 6 nitrogen and oxygen atoms in total. The molecule has 0 saturated carbocycles. The van der Waals surface area contributed by atoms with Gasteiger partial charge < -0.3 is 20.4 Å². The molecule has 0 unspecified atom stereocenters. The molecule has 0 bridgehead atoms. The fraction of sp³-hybridized carbons (Fsp3) is 0.0714. The van der Waals surface area contributed by atoms with Gasteiger partial charge in [0, 0.05) is 52.3 Å². The Morgan fingerprint density at radius 2 is 2.19 bits per heavy atom. The monoisotopic (exact) mass is 450 g/mol. The molecular formula is C14H12N5OW-. The molecule has 21 heavy (non-hydrogen) atoms. The Morgan fingerprint density at radius 1 is 1.38 bits per heavy atom. The van der Waals surface area contributed by atoms with Crippen LogP contribution in [-0.2, 0) is 21.1 Å². The second kappa shape index (κ2) is 6.06. The van der Waals surface area contributed by atoms with E-state index in [2.05, 4.69) is 15.3 Å². The molecule has 0 saturated heterocycles. The second-order valence-electron chi connectivity index (χ2n) is 4.29. The zero-order valence-electron chi connectivity index (χ0n) is 11.2. The third-order valence-corrected chi connectivity index (χ3v) is 3.02. The molecule has 0 spiro atoms. The molecule has 2 heterocycles. The van der Waals surface area contributed by atoms with Gasteiger partial charge in [0.15, 0.2) is 0 Å². The summed E-state index contributed by atoms with van der Waals surface area (Å²) in [6, 6.07) is 7.14. The Balaban J connectivity index is 0.00000161. The molecule has 3 aromatic rings. The maximum Gasteiger partial charge on any atom is 0.251 e. The smallest absolute Gasteiger partial charge is 0.251 e. The summed E-state index contributed by atoms with van der Waals surface area (Å²) in [6.07, 6.45) is 5.18. The predicted molar refractivity (Wildman–Crippen MR) is 75.8 cm³/mol. The summed E-state index contributed by atoms with van der Waals surface area (Å²) in [6.45, 7) is 0. The molecule has 7 heteroatoms. The fourth-order valence-electron chi connectivity index (χ4n) is 2.03. The van der Waals surface area contributed by atoms with Crippen LogP contribution in [-0.4, -0.2) is 27.3 Å². The molecule has 0 fully saturated rings. The summed E-state index contributed by atoms with van der Waals surface area (Å²) in [5, 5.41) is 2.59. The standard InChI is InChI=1S/C14H13N5O.W/c1-16-14(20)10-4-2-3-9(7-10)11-8-19-6-5-17-13(19)12(15)18-11;/h2-8H,1H3,(H3,15,16,18,20);/p-1. The Bertz CT molecular complexity index is 799. The van der Waals surface area contributed by atoms with Crippen LogP contribution in [0.1, 0.15) is 10.4 Å². The van der Waals surface area contributed by atoms with Crippen molar-refractivity contribution >= 4 is 17.4 Å². The quantitative estimate of drug-likeness (QED) is 0.652. The molecule has 0 aliphatic heterocycles. The topological polar surface area (TPSA) is 83.1 Å². The number of nitrogens with zero attached hydrogens (tertiary/aromatic N) is 3.